The van der Waals surface area contributed by atoms with E-state index in [9.17, 15) is 4.39 Å². The van der Waals surface area contributed by atoms with Crippen LogP contribution in [-0.4, -0.2) is 0 Å². The minimum Gasteiger partial charge on any atom is -0.207 e. The lowest BCUT2D eigenvalue weighted by molar-refractivity contribution is 0.0754. The Morgan fingerprint density at radius 3 is 2.52 bits per heavy atom. The van der Waals surface area contributed by atoms with E-state index in [1.165, 1.54) is 56.1 Å². The Kier molecular flexibility index (Phi) is 6.05. The summed E-state index contributed by atoms with van der Waals surface area (Å²) in [6.07, 6.45) is 18.2. The topological polar surface area (TPSA) is 0 Å². The summed E-state index contributed by atoms with van der Waals surface area (Å²) in [5, 5.41) is 0. The van der Waals surface area contributed by atoms with Gasteiger partial charge in [0.15, 0.2) is 0 Å². The molecule has 0 heterocycles. The van der Waals surface area contributed by atoms with E-state index in [4.69, 9.17) is 0 Å². The van der Waals surface area contributed by atoms with Crippen molar-refractivity contribution in [2.75, 3.05) is 0 Å². The van der Waals surface area contributed by atoms with Crippen molar-refractivity contribution < 1.29 is 4.39 Å². The van der Waals surface area contributed by atoms with Gasteiger partial charge in [-0.1, -0.05) is 31.6 Å². The lowest BCUT2D eigenvalue weighted by Crippen LogP contribution is -2.34. The van der Waals surface area contributed by atoms with Gasteiger partial charge in [0.2, 0.25) is 0 Å². The molecule has 0 N–H and O–H groups in total. The van der Waals surface area contributed by atoms with Crippen molar-refractivity contribution in [3.8, 4) is 0 Å². The van der Waals surface area contributed by atoms with Gasteiger partial charge in [-0.2, -0.15) is 0 Å². The highest BCUT2D eigenvalue weighted by Gasteiger charge is 2.38. The second-order valence-electron chi connectivity index (χ2n) is 9.84. The van der Waals surface area contributed by atoms with Crippen molar-refractivity contribution in [3.63, 3.8) is 0 Å². The van der Waals surface area contributed by atoms with Crippen LogP contribution in [-0.2, 0) is 19.3 Å². The van der Waals surface area contributed by atoms with Gasteiger partial charge in [0.05, 0.1) is 0 Å². The van der Waals surface area contributed by atoms with Crippen LogP contribution in [0.15, 0.2) is 24.3 Å². The molecular weight excluding hydrogens is 331 g/mol. The fraction of sp³-hybridized carbons (Fsp3) is 0.692. The summed E-state index contributed by atoms with van der Waals surface area (Å²) in [6.45, 7) is 4.49. The molecule has 2 fully saturated rings. The summed E-state index contributed by atoms with van der Waals surface area (Å²) < 4.78 is 14.9. The molecule has 0 saturated heterocycles. The second kappa shape index (κ2) is 8.50. The monoisotopic (exact) mass is 368 g/mol. The summed E-state index contributed by atoms with van der Waals surface area (Å²) in [7, 11) is 0. The van der Waals surface area contributed by atoms with Gasteiger partial charge in [-0.05, 0) is 123 Å². The molecule has 1 heteroatoms. The van der Waals surface area contributed by atoms with E-state index in [-0.39, 0.29) is 5.82 Å². The van der Waals surface area contributed by atoms with Gasteiger partial charge in [0, 0.05) is 0 Å². The van der Waals surface area contributed by atoms with Crippen LogP contribution in [0, 0.1) is 35.4 Å². The highest BCUT2D eigenvalue weighted by molar-refractivity contribution is 5.36. The largest absolute Gasteiger partial charge is 0.207 e. The molecule has 5 atom stereocenters. The number of allylic oxidation sites excluding steroid dienone is 2. The van der Waals surface area contributed by atoms with Crippen LogP contribution in [0.3, 0.4) is 0 Å². The smallest absolute Gasteiger partial charge is 0.126 e. The van der Waals surface area contributed by atoms with Crippen molar-refractivity contribution in [2.45, 2.75) is 84.5 Å². The van der Waals surface area contributed by atoms with E-state index >= 15 is 0 Å². The zero-order valence-electron chi connectivity index (χ0n) is 17.4. The first-order valence-electron chi connectivity index (χ1n) is 11.5. The summed E-state index contributed by atoms with van der Waals surface area (Å²) in [5.41, 5.74) is 3.54. The summed E-state index contributed by atoms with van der Waals surface area (Å²) in [6, 6.07) is 4.13. The van der Waals surface area contributed by atoms with Gasteiger partial charge in [-0.25, -0.2) is 4.39 Å². The Bertz CT molecular complexity index is 673. The number of hydrogen-bond acceptors (Lipinski definition) is 0. The standard InChI is InChI=1S/C26H37F/c1-3-4-5-6-19-14-24-12-11-23(17-25(24)26(27)15-19)22-10-9-20-13-18(2)7-8-21(20)16-22/h3-4,14-15,18,20-23H,5-13,16-17H2,1-2H3/b4-3+. The molecule has 3 aliphatic carbocycles. The Morgan fingerprint density at radius 2 is 1.70 bits per heavy atom. The van der Waals surface area contributed by atoms with Gasteiger partial charge in [0.25, 0.3) is 0 Å². The predicted molar refractivity (Wildman–Crippen MR) is 112 cm³/mol. The van der Waals surface area contributed by atoms with Gasteiger partial charge < -0.3 is 0 Å². The van der Waals surface area contributed by atoms with Crippen LogP contribution in [0.2, 0.25) is 0 Å². The number of halogens is 1. The first kappa shape index (κ1) is 19.2. The molecule has 0 nitrogen and oxygen atoms in total. The minimum absolute atomic E-state index is 0.0767. The van der Waals surface area contributed by atoms with Crippen molar-refractivity contribution in [1.29, 1.82) is 0 Å². The minimum atomic E-state index is 0.0767. The van der Waals surface area contributed by atoms with Crippen molar-refractivity contribution >= 4 is 0 Å². The Balaban J connectivity index is 1.41. The molecule has 0 aromatic heterocycles. The van der Waals surface area contributed by atoms with E-state index in [1.54, 1.807) is 0 Å². The number of rotatable bonds is 4. The zero-order chi connectivity index (χ0) is 18.8. The maximum Gasteiger partial charge on any atom is 0.126 e. The molecule has 0 amide bonds. The Morgan fingerprint density at radius 1 is 0.963 bits per heavy atom. The van der Waals surface area contributed by atoms with Gasteiger partial charge in [0.1, 0.15) is 5.82 Å². The third-order valence-electron chi connectivity index (χ3n) is 8.02. The SMILES string of the molecule is C/C=C/CCc1cc(F)c2c(c1)CCC(C1CCC3CC(C)CCC3C1)C2. The Labute approximate surface area is 165 Å². The molecule has 1 aromatic rings. The zero-order valence-corrected chi connectivity index (χ0v) is 17.4. The average molecular weight is 369 g/mol. The van der Waals surface area contributed by atoms with Gasteiger partial charge >= 0.3 is 0 Å². The molecule has 0 bridgehead atoms. The van der Waals surface area contributed by atoms with Crippen molar-refractivity contribution in [3.05, 3.63) is 46.8 Å². The maximum atomic E-state index is 14.9. The lowest BCUT2D eigenvalue weighted by atomic mass is 9.61. The first-order chi connectivity index (χ1) is 13.1. The fourth-order valence-corrected chi connectivity index (χ4v) is 6.46. The van der Waals surface area contributed by atoms with Crippen LogP contribution in [0.4, 0.5) is 4.39 Å². The van der Waals surface area contributed by atoms with E-state index in [0.29, 0.717) is 0 Å². The Hall–Kier alpha value is -1.11. The normalized spacial score (nSPS) is 33.7. The molecule has 0 aliphatic heterocycles. The van der Waals surface area contributed by atoms with Gasteiger partial charge in [-0.3, -0.25) is 0 Å². The molecule has 0 radical (unpaired) electrons. The van der Waals surface area contributed by atoms with E-state index < -0.39 is 0 Å². The highest BCUT2D eigenvalue weighted by Crippen LogP contribution is 2.48. The van der Waals surface area contributed by atoms with E-state index in [2.05, 4.69) is 32.1 Å². The molecule has 1 aromatic carbocycles. The third-order valence-corrected chi connectivity index (χ3v) is 8.02. The fourth-order valence-electron chi connectivity index (χ4n) is 6.46. The van der Waals surface area contributed by atoms with E-state index in [0.717, 1.165) is 60.8 Å². The van der Waals surface area contributed by atoms with Gasteiger partial charge in [-0.15, -0.1) is 0 Å². The quantitative estimate of drug-likeness (QED) is 0.489. The van der Waals surface area contributed by atoms with Crippen molar-refractivity contribution in [1.82, 2.24) is 0 Å². The van der Waals surface area contributed by atoms with Crippen LogP contribution in [0.25, 0.3) is 0 Å². The number of fused-ring (bicyclic) bond motifs is 2. The molecule has 4 rings (SSSR count). The molecule has 2 saturated carbocycles. The molecule has 3 aliphatic rings. The molecule has 0 spiro atoms. The first-order valence-corrected chi connectivity index (χ1v) is 11.5. The summed E-state index contributed by atoms with van der Waals surface area (Å²) in [4.78, 5) is 0. The second-order valence-corrected chi connectivity index (χ2v) is 9.84. The summed E-state index contributed by atoms with van der Waals surface area (Å²) in [5.74, 6) is 4.56. The van der Waals surface area contributed by atoms with Crippen LogP contribution >= 0.6 is 0 Å². The van der Waals surface area contributed by atoms with E-state index in [1.807, 2.05) is 6.07 Å². The van der Waals surface area contributed by atoms with Crippen LogP contribution < -0.4 is 0 Å². The van der Waals surface area contributed by atoms with Crippen LogP contribution in [0.5, 0.6) is 0 Å². The lowest BCUT2D eigenvalue weighted by Gasteiger charge is -2.44. The highest BCUT2D eigenvalue weighted by atomic mass is 19.1. The molecule has 5 unspecified atom stereocenters. The summed E-state index contributed by atoms with van der Waals surface area (Å²) >= 11 is 0. The molecule has 148 valence electrons. The number of hydrogen-bond donors (Lipinski definition) is 0. The number of aryl methyl sites for hydroxylation is 2. The molecular formula is C26H37F. The third kappa shape index (κ3) is 4.33. The number of benzene rings is 1. The van der Waals surface area contributed by atoms with Crippen LogP contribution in [0.1, 0.15) is 81.9 Å². The maximum absolute atomic E-state index is 14.9. The van der Waals surface area contributed by atoms with Crippen molar-refractivity contribution in [2.24, 2.45) is 29.6 Å². The molecule has 27 heavy (non-hydrogen) atoms. The predicted octanol–water partition coefficient (Wildman–Crippen LogP) is 7.29. The average Bonchev–Trinajstić information content (AvgIpc) is 2.67.